The van der Waals surface area contributed by atoms with Crippen LogP contribution in [0.5, 0.6) is 0 Å². The van der Waals surface area contributed by atoms with Crippen molar-refractivity contribution in [3.8, 4) is 0 Å². The molecule has 0 bridgehead atoms. The molecule has 6 fully saturated rings. The van der Waals surface area contributed by atoms with E-state index >= 15 is 0 Å². The van der Waals surface area contributed by atoms with Crippen LogP contribution in [0.1, 0.15) is 41.5 Å². The summed E-state index contributed by atoms with van der Waals surface area (Å²) in [7, 11) is 0. The van der Waals surface area contributed by atoms with E-state index in [2.05, 4.69) is 21.3 Å². The highest BCUT2D eigenvalue weighted by Crippen LogP contribution is 2.36. The third kappa shape index (κ3) is 17.3. The zero-order valence-corrected chi connectivity index (χ0v) is 48.5. The summed E-state index contributed by atoms with van der Waals surface area (Å²) in [4.78, 5) is 50.5. The number of ether oxygens (including phenoxy) is 12. The molecule has 6 aliphatic heterocycles. The summed E-state index contributed by atoms with van der Waals surface area (Å²) in [5, 5.41) is 206. The molecule has 0 aromatic rings. The van der Waals surface area contributed by atoms with Crippen molar-refractivity contribution in [2.45, 2.75) is 250 Å². The molecule has 0 saturated carbocycles. The van der Waals surface area contributed by atoms with Gasteiger partial charge in [0.1, 0.15) is 152 Å². The van der Waals surface area contributed by atoms with Crippen LogP contribution in [0.2, 0.25) is 0 Å². The Kier molecular flexibility index (Phi) is 27.2. The first-order valence-electron chi connectivity index (χ1n) is 28.2. The van der Waals surface area contributed by atoms with Crippen molar-refractivity contribution in [1.29, 1.82) is 0 Å². The van der Waals surface area contributed by atoms with Crippen LogP contribution < -0.4 is 21.3 Å². The quantitative estimate of drug-likeness (QED) is 0.0404. The lowest BCUT2D eigenvalue weighted by Gasteiger charge is -2.50. The molecule has 34 atom stereocenters. The van der Waals surface area contributed by atoms with Crippen molar-refractivity contribution in [3.63, 3.8) is 0 Å². The van der Waals surface area contributed by atoms with E-state index in [1.807, 2.05) is 0 Å². The van der Waals surface area contributed by atoms with Gasteiger partial charge in [0.25, 0.3) is 0 Å². The van der Waals surface area contributed by atoms with Gasteiger partial charge < -0.3 is 170 Å². The summed E-state index contributed by atoms with van der Waals surface area (Å²) in [6, 6.07) is -6.86. The Morgan fingerprint density at radius 3 is 1.32 bits per heavy atom. The second kappa shape index (κ2) is 32.5. The van der Waals surface area contributed by atoms with Gasteiger partial charge in [-0.15, -0.1) is 0 Å². The number of aliphatic hydroxyl groups is 18. The van der Waals surface area contributed by atoms with E-state index < -0.39 is 272 Å². The molecule has 0 unspecified atom stereocenters. The highest BCUT2D eigenvalue weighted by atomic mass is 16.8. The molecule has 6 heterocycles. The minimum Gasteiger partial charge on any atom is -0.394 e. The Hall–Kier alpha value is -3.32. The number of amides is 4. The number of nitrogens with one attached hydrogen (secondary N) is 4. The number of rotatable bonds is 25. The summed E-state index contributed by atoms with van der Waals surface area (Å²) < 4.78 is 71.0. The van der Waals surface area contributed by atoms with Gasteiger partial charge in [-0.05, 0) is 13.8 Å². The number of carbonyl (C=O) groups is 4. The Morgan fingerprint density at radius 2 is 0.841 bits per heavy atom. The second-order valence-corrected chi connectivity index (χ2v) is 22.3. The van der Waals surface area contributed by atoms with Crippen molar-refractivity contribution in [3.05, 3.63) is 0 Å². The largest absolute Gasteiger partial charge is 0.394 e. The molecular formula is C50H86N4O34. The van der Waals surface area contributed by atoms with Gasteiger partial charge in [-0.25, -0.2) is 0 Å². The Balaban J connectivity index is 1.35. The smallest absolute Gasteiger partial charge is 0.217 e. The van der Waals surface area contributed by atoms with Gasteiger partial charge in [0.15, 0.2) is 37.7 Å². The summed E-state index contributed by atoms with van der Waals surface area (Å²) in [5.74, 6) is -3.34. The molecule has 0 spiro atoms. The average molecular weight is 1290 g/mol. The maximum absolute atomic E-state index is 13.1. The number of carbonyl (C=O) groups excluding carboxylic acids is 4. The minimum atomic E-state index is -2.46. The molecule has 38 heteroatoms. The predicted octanol–water partition coefficient (Wildman–Crippen LogP) is -14.0. The molecule has 0 radical (unpaired) electrons. The highest BCUT2D eigenvalue weighted by molar-refractivity contribution is 5.74. The van der Waals surface area contributed by atoms with Gasteiger partial charge in [0.05, 0.1) is 57.9 Å². The van der Waals surface area contributed by atoms with Gasteiger partial charge >= 0.3 is 0 Å². The lowest BCUT2D eigenvalue weighted by molar-refractivity contribution is -0.377. The van der Waals surface area contributed by atoms with Crippen LogP contribution >= 0.6 is 0 Å². The van der Waals surface area contributed by atoms with E-state index in [0.717, 1.165) is 27.7 Å². The molecule has 0 aromatic carbocycles. The number of aliphatic hydroxyl groups excluding tert-OH is 18. The molecule has 4 amide bonds. The fraction of sp³-hybridized carbons (Fsp3) is 0.920. The number of hydrogen-bond acceptors (Lipinski definition) is 34. The maximum Gasteiger partial charge on any atom is 0.217 e. The van der Waals surface area contributed by atoms with Crippen molar-refractivity contribution in [1.82, 2.24) is 21.3 Å². The summed E-state index contributed by atoms with van der Waals surface area (Å²) in [6.07, 6.45) is -57.0. The van der Waals surface area contributed by atoms with Crippen LogP contribution in [0.4, 0.5) is 0 Å². The van der Waals surface area contributed by atoms with E-state index in [9.17, 15) is 111 Å². The van der Waals surface area contributed by atoms with Crippen molar-refractivity contribution < 1.29 is 168 Å². The lowest BCUT2D eigenvalue weighted by Crippen LogP contribution is -2.71. The van der Waals surface area contributed by atoms with Gasteiger partial charge in [-0.1, -0.05) is 0 Å². The summed E-state index contributed by atoms with van der Waals surface area (Å²) in [5.41, 5.74) is 0. The van der Waals surface area contributed by atoms with Crippen molar-refractivity contribution in [2.75, 3.05) is 39.6 Å². The van der Waals surface area contributed by atoms with Gasteiger partial charge in [0, 0.05) is 27.7 Å². The second-order valence-electron chi connectivity index (χ2n) is 22.3. The molecule has 6 aliphatic rings. The van der Waals surface area contributed by atoms with E-state index in [0.29, 0.717) is 0 Å². The van der Waals surface area contributed by atoms with Crippen LogP contribution in [0.15, 0.2) is 0 Å². The molecule has 0 aliphatic carbocycles. The fourth-order valence-electron chi connectivity index (χ4n) is 10.9. The minimum absolute atomic E-state index is 0.747. The molecule has 88 heavy (non-hydrogen) atoms. The van der Waals surface area contributed by atoms with Crippen LogP contribution in [0, 0.1) is 0 Å². The third-order valence-electron chi connectivity index (χ3n) is 15.7. The Morgan fingerprint density at radius 1 is 0.420 bits per heavy atom. The first-order valence-corrected chi connectivity index (χ1v) is 28.2. The molecule has 510 valence electrons. The summed E-state index contributed by atoms with van der Waals surface area (Å²) >= 11 is 0. The van der Waals surface area contributed by atoms with Crippen LogP contribution in [0.3, 0.4) is 0 Å². The van der Waals surface area contributed by atoms with E-state index in [-0.39, 0.29) is 0 Å². The SMILES string of the molecule is CC(=O)N[C@H]1[C@H](OC[C@H]2O[C@@H](O[C@@H]([C@@H](O)[C@H](O)CO[C@@H]3O[C@H](CO)[C@@H](O[C@H]4O[C@H](C)[C@H](O)[C@H](O)[C@H]4O)[C@H](O[C@@H]4O[C@H](CO)[C@@H](O)[C@H](O)[C@H]4NC(C)=O)[C@H]3NC(C)=O)[C@H](CO)NC(C)=O)[C@H](O[C@H]3O[C@H](C)[C@H](O)[C@H](O)[C@H]3O)[C@@H](O)[C@H]2O)O[C@H](CO)[C@@H](O)[C@@H]1O. The van der Waals surface area contributed by atoms with Gasteiger partial charge in [0.2, 0.25) is 23.6 Å². The molecule has 6 saturated heterocycles. The zero-order valence-electron chi connectivity index (χ0n) is 48.5. The Labute approximate surface area is 501 Å². The Bertz CT molecular complexity index is 2220. The van der Waals surface area contributed by atoms with E-state index in [1.54, 1.807) is 0 Å². The van der Waals surface area contributed by atoms with Gasteiger partial charge in [-0.2, -0.15) is 0 Å². The van der Waals surface area contributed by atoms with Crippen LogP contribution in [0.25, 0.3) is 0 Å². The van der Waals surface area contributed by atoms with Crippen LogP contribution in [-0.4, -0.2) is 364 Å². The molecule has 0 aromatic heterocycles. The van der Waals surface area contributed by atoms with Crippen molar-refractivity contribution >= 4 is 23.6 Å². The molecular weight excluding hydrogens is 1200 g/mol. The average Bonchev–Trinajstić information content (AvgIpc) is 1.33. The molecule has 22 N–H and O–H groups in total. The monoisotopic (exact) mass is 1290 g/mol. The van der Waals surface area contributed by atoms with Gasteiger partial charge in [-0.3, -0.25) is 19.2 Å². The zero-order chi connectivity index (χ0) is 65.5. The highest BCUT2D eigenvalue weighted by Gasteiger charge is 2.57. The molecule has 38 nitrogen and oxygen atoms in total. The topological polar surface area (TPSA) is 591 Å². The third-order valence-corrected chi connectivity index (χ3v) is 15.7. The van der Waals surface area contributed by atoms with Crippen molar-refractivity contribution in [2.24, 2.45) is 0 Å². The predicted molar refractivity (Wildman–Crippen MR) is 278 cm³/mol. The normalized spacial score (nSPS) is 44.6. The fourth-order valence-corrected chi connectivity index (χ4v) is 10.9. The van der Waals surface area contributed by atoms with E-state index in [4.69, 9.17) is 56.8 Å². The molecule has 6 rings (SSSR count). The van der Waals surface area contributed by atoms with Crippen LogP contribution in [-0.2, 0) is 76.0 Å². The first-order chi connectivity index (χ1) is 41.4. The standard InChI is InChI=1S/C50H86N4O34/c1-13-28(64)36(72)39(75)48(79-13)86-42-23(10-58)83-46(27(54-18(6)62)43(42)87-47-26(53-17(5)61)35(71)32(68)22(9-57)82-47)77-11-20(63)30(66)41(19(7-55)51-15(3)59)85-50-44(88-49-40(76)37(73)29(65)14(2)80-49)38(74)33(69)24(84-50)12-78-45-25(52-16(4)60)34(70)31(67)21(8-56)81-45/h13-14,19-50,55-58,63-76H,7-12H2,1-6H3,(H,51,59)(H,52,60)(H,53,61)(H,54,62)/t13-,14-,19+,20-,21-,22-,23-,24-,25-,26-,27-,28+,29+,30+,31-,32-,33+,34-,35-,36+,37+,38+,39-,40-,41-,42-,43-,44-,45-,46-,47+,48-,49-,50+/m1/s1. The number of hydrogen-bond donors (Lipinski definition) is 22. The maximum atomic E-state index is 13.1. The summed E-state index contributed by atoms with van der Waals surface area (Å²) in [6.45, 7) is 0.507. The lowest BCUT2D eigenvalue weighted by atomic mass is 9.93. The van der Waals surface area contributed by atoms with E-state index in [1.165, 1.54) is 13.8 Å². The first kappa shape index (κ1) is 73.7.